The van der Waals surface area contributed by atoms with Crippen molar-refractivity contribution in [3.63, 3.8) is 0 Å². The SMILES string of the molecule is CCNC(=NCc1nc2ccc(C)cc2[nH]1)NC1CCc2cn(C(C)C)nc2C1.I. The molecule has 0 saturated heterocycles. The number of halogens is 1. The number of aromatic nitrogens is 4. The Balaban J connectivity index is 0.00000256. The Morgan fingerprint density at radius 1 is 1.37 bits per heavy atom. The van der Waals surface area contributed by atoms with Gasteiger partial charge in [0, 0.05) is 31.2 Å². The van der Waals surface area contributed by atoms with Crippen molar-refractivity contribution in [3.05, 3.63) is 47.0 Å². The van der Waals surface area contributed by atoms with Crippen LogP contribution in [0.1, 0.15) is 55.9 Å². The van der Waals surface area contributed by atoms with Gasteiger partial charge in [-0.3, -0.25) is 4.68 Å². The third-order valence-corrected chi connectivity index (χ3v) is 5.38. The van der Waals surface area contributed by atoms with Crippen molar-refractivity contribution in [2.75, 3.05) is 6.54 Å². The number of hydrogen-bond acceptors (Lipinski definition) is 3. The standard InChI is InChI=1S/C22H31N7.HI/c1-5-23-22(24-12-21-26-18-9-6-15(4)10-20(18)27-21)25-17-8-7-16-13-29(14(2)3)28-19(16)11-17;/h6,9-10,13-14,17H,5,7-8,11-12H2,1-4H3,(H,26,27)(H2,23,24,25);1H. The monoisotopic (exact) mass is 521 g/mol. The van der Waals surface area contributed by atoms with E-state index in [9.17, 15) is 0 Å². The largest absolute Gasteiger partial charge is 0.357 e. The number of fused-ring (bicyclic) bond motifs is 2. The Hall–Kier alpha value is -2.10. The Morgan fingerprint density at radius 2 is 2.20 bits per heavy atom. The fourth-order valence-electron chi connectivity index (χ4n) is 3.82. The molecule has 7 nitrogen and oxygen atoms in total. The van der Waals surface area contributed by atoms with E-state index in [-0.39, 0.29) is 24.0 Å². The molecule has 0 fully saturated rings. The number of nitrogens with one attached hydrogen (secondary N) is 3. The summed E-state index contributed by atoms with van der Waals surface area (Å²) in [6.07, 6.45) is 5.29. The van der Waals surface area contributed by atoms with Crippen LogP contribution in [-0.2, 0) is 19.4 Å². The van der Waals surface area contributed by atoms with Crippen LogP contribution in [0, 0.1) is 6.92 Å². The van der Waals surface area contributed by atoms with Crippen molar-refractivity contribution >= 4 is 41.0 Å². The first kappa shape index (κ1) is 22.6. The summed E-state index contributed by atoms with van der Waals surface area (Å²) in [5.74, 6) is 1.71. The van der Waals surface area contributed by atoms with Gasteiger partial charge >= 0.3 is 0 Å². The van der Waals surface area contributed by atoms with Crippen LogP contribution in [-0.4, -0.2) is 38.3 Å². The molecule has 0 aliphatic heterocycles. The molecule has 0 saturated carbocycles. The van der Waals surface area contributed by atoms with Crippen LogP contribution in [0.15, 0.2) is 29.4 Å². The molecule has 3 aromatic rings. The zero-order chi connectivity index (χ0) is 20.4. The summed E-state index contributed by atoms with van der Waals surface area (Å²) in [6, 6.07) is 7.00. The first-order valence-electron chi connectivity index (χ1n) is 10.6. The van der Waals surface area contributed by atoms with Crippen molar-refractivity contribution < 1.29 is 0 Å². The minimum absolute atomic E-state index is 0. The van der Waals surface area contributed by atoms with Crippen molar-refractivity contribution in [1.29, 1.82) is 0 Å². The van der Waals surface area contributed by atoms with Gasteiger partial charge in [-0.05, 0) is 63.8 Å². The first-order chi connectivity index (χ1) is 14.0. The highest BCUT2D eigenvalue weighted by atomic mass is 127. The molecule has 3 N–H and O–H groups in total. The predicted octanol–water partition coefficient (Wildman–Crippen LogP) is 3.88. The lowest BCUT2D eigenvalue weighted by atomic mass is 9.94. The minimum atomic E-state index is 0. The number of aliphatic imine (C=N–C) groups is 1. The van der Waals surface area contributed by atoms with Gasteiger partial charge in [0.25, 0.3) is 0 Å². The number of aromatic amines is 1. The quantitative estimate of drug-likeness (QED) is 0.271. The van der Waals surface area contributed by atoms with E-state index in [2.05, 4.69) is 71.3 Å². The fourth-order valence-corrected chi connectivity index (χ4v) is 3.82. The molecule has 1 aliphatic rings. The number of hydrogen-bond donors (Lipinski definition) is 3. The Labute approximate surface area is 195 Å². The predicted molar refractivity (Wildman–Crippen MR) is 133 cm³/mol. The number of benzene rings is 1. The van der Waals surface area contributed by atoms with Gasteiger partial charge in [-0.15, -0.1) is 24.0 Å². The van der Waals surface area contributed by atoms with Gasteiger partial charge in [0.1, 0.15) is 12.4 Å². The lowest BCUT2D eigenvalue weighted by Crippen LogP contribution is -2.45. The van der Waals surface area contributed by atoms with E-state index in [1.807, 2.05) is 6.07 Å². The van der Waals surface area contributed by atoms with Crippen LogP contribution in [0.4, 0.5) is 0 Å². The number of rotatable bonds is 5. The lowest BCUT2D eigenvalue weighted by molar-refractivity contribution is 0.499. The maximum Gasteiger partial charge on any atom is 0.191 e. The molecule has 4 rings (SSSR count). The molecule has 1 unspecified atom stereocenters. The zero-order valence-corrected chi connectivity index (χ0v) is 20.5. The second kappa shape index (κ2) is 9.80. The van der Waals surface area contributed by atoms with Gasteiger partial charge in [-0.25, -0.2) is 9.98 Å². The topological polar surface area (TPSA) is 82.9 Å². The van der Waals surface area contributed by atoms with E-state index >= 15 is 0 Å². The third kappa shape index (κ3) is 5.14. The van der Waals surface area contributed by atoms with Crippen molar-refractivity contribution in [2.45, 2.75) is 65.6 Å². The van der Waals surface area contributed by atoms with E-state index in [1.54, 1.807) is 0 Å². The molecule has 0 bridgehead atoms. The summed E-state index contributed by atoms with van der Waals surface area (Å²) in [7, 11) is 0. The van der Waals surface area contributed by atoms with Crippen molar-refractivity contribution in [2.24, 2.45) is 4.99 Å². The smallest absolute Gasteiger partial charge is 0.191 e. The zero-order valence-electron chi connectivity index (χ0n) is 18.2. The Bertz CT molecular complexity index is 1020. The molecule has 1 aromatic carbocycles. The van der Waals surface area contributed by atoms with E-state index in [0.29, 0.717) is 18.6 Å². The van der Waals surface area contributed by atoms with E-state index in [1.165, 1.54) is 16.8 Å². The molecule has 2 heterocycles. The normalized spacial score (nSPS) is 16.4. The van der Waals surface area contributed by atoms with Crippen LogP contribution < -0.4 is 10.6 Å². The Kier molecular flexibility index (Phi) is 7.38. The molecular weight excluding hydrogens is 489 g/mol. The molecule has 8 heteroatoms. The summed E-state index contributed by atoms with van der Waals surface area (Å²) >= 11 is 0. The average molecular weight is 521 g/mol. The number of H-pyrrole nitrogens is 1. The number of imidazole rings is 1. The van der Waals surface area contributed by atoms with E-state index in [0.717, 1.165) is 48.6 Å². The summed E-state index contributed by atoms with van der Waals surface area (Å²) in [6.45, 7) is 9.86. The molecule has 0 radical (unpaired) electrons. The van der Waals surface area contributed by atoms with Gasteiger partial charge in [-0.1, -0.05) is 6.07 Å². The van der Waals surface area contributed by atoms with Crippen LogP contribution >= 0.6 is 24.0 Å². The maximum atomic E-state index is 4.78. The van der Waals surface area contributed by atoms with Gasteiger partial charge < -0.3 is 15.6 Å². The van der Waals surface area contributed by atoms with Gasteiger partial charge in [0.15, 0.2) is 5.96 Å². The van der Waals surface area contributed by atoms with E-state index < -0.39 is 0 Å². The van der Waals surface area contributed by atoms with Crippen LogP contribution in [0.25, 0.3) is 11.0 Å². The molecule has 1 aliphatic carbocycles. The average Bonchev–Trinajstić information content (AvgIpc) is 3.29. The summed E-state index contributed by atoms with van der Waals surface area (Å²) in [4.78, 5) is 12.8. The fraction of sp³-hybridized carbons (Fsp3) is 0.500. The summed E-state index contributed by atoms with van der Waals surface area (Å²) < 4.78 is 2.08. The molecule has 0 spiro atoms. The van der Waals surface area contributed by atoms with Crippen molar-refractivity contribution in [3.8, 4) is 0 Å². The number of guanidine groups is 1. The highest BCUT2D eigenvalue weighted by molar-refractivity contribution is 14.0. The van der Waals surface area contributed by atoms with Gasteiger partial charge in [0.2, 0.25) is 0 Å². The number of aryl methyl sites for hydroxylation is 2. The van der Waals surface area contributed by atoms with Crippen LogP contribution in [0.5, 0.6) is 0 Å². The molecule has 1 atom stereocenters. The van der Waals surface area contributed by atoms with Gasteiger partial charge in [-0.2, -0.15) is 5.10 Å². The van der Waals surface area contributed by atoms with Crippen LogP contribution in [0.3, 0.4) is 0 Å². The first-order valence-corrected chi connectivity index (χ1v) is 10.6. The Morgan fingerprint density at radius 3 is 2.97 bits per heavy atom. The minimum Gasteiger partial charge on any atom is -0.357 e. The van der Waals surface area contributed by atoms with Gasteiger partial charge in [0.05, 0.1) is 16.7 Å². The maximum absolute atomic E-state index is 4.78. The molecule has 0 amide bonds. The molecule has 30 heavy (non-hydrogen) atoms. The molecule has 162 valence electrons. The lowest BCUT2D eigenvalue weighted by Gasteiger charge is -2.24. The number of nitrogens with zero attached hydrogens (tertiary/aromatic N) is 4. The summed E-state index contributed by atoms with van der Waals surface area (Å²) in [5, 5.41) is 11.7. The van der Waals surface area contributed by atoms with Crippen molar-refractivity contribution in [1.82, 2.24) is 30.4 Å². The second-order valence-corrected chi connectivity index (χ2v) is 8.16. The molecule has 2 aromatic heterocycles. The van der Waals surface area contributed by atoms with E-state index in [4.69, 9.17) is 10.1 Å². The highest BCUT2D eigenvalue weighted by Crippen LogP contribution is 2.22. The highest BCUT2D eigenvalue weighted by Gasteiger charge is 2.23. The molecular formula is C22H32IN7. The third-order valence-electron chi connectivity index (χ3n) is 5.38. The van der Waals surface area contributed by atoms with Crippen LogP contribution in [0.2, 0.25) is 0 Å². The second-order valence-electron chi connectivity index (χ2n) is 8.16. The summed E-state index contributed by atoms with van der Waals surface area (Å²) in [5.41, 5.74) is 5.87.